The van der Waals surface area contributed by atoms with Crippen molar-refractivity contribution in [3.63, 3.8) is 0 Å². The number of aliphatic carboxylic acids is 1. The Morgan fingerprint density at radius 3 is 2.81 bits per heavy atom. The van der Waals surface area contributed by atoms with E-state index in [-0.39, 0.29) is 10.9 Å². The van der Waals surface area contributed by atoms with Gasteiger partial charge in [0.2, 0.25) is 0 Å². The molecule has 8 heteroatoms. The van der Waals surface area contributed by atoms with Crippen molar-refractivity contribution in [3.8, 4) is 0 Å². The van der Waals surface area contributed by atoms with Gasteiger partial charge in [0.15, 0.2) is 5.03 Å². The third-order valence-corrected chi connectivity index (χ3v) is 5.64. The summed E-state index contributed by atoms with van der Waals surface area (Å²) >= 11 is 0. The monoisotopic (exact) mass is 315 g/mol. The number of carboxylic acid groups (broad SMARTS) is 1. The van der Waals surface area contributed by atoms with Gasteiger partial charge < -0.3 is 9.67 Å². The zero-order chi connectivity index (χ0) is 15.7. The Hall–Kier alpha value is -1.41. The molecule has 0 spiro atoms. The van der Waals surface area contributed by atoms with Crippen LogP contribution in [0.2, 0.25) is 0 Å². The fraction of sp³-hybridized carbons (Fsp3) is 0.692. The number of aromatic nitrogens is 2. The lowest BCUT2D eigenvalue weighted by Crippen LogP contribution is -2.59. The average Bonchev–Trinajstić information content (AvgIpc) is 2.90. The van der Waals surface area contributed by atoms with Crippen molar-refractivity contribution in [2.24, 2.45) is 5.92 Å². The standard InChI is InChI=1S/C13H21N3O4S/c1-3-16-8-11(14-9-16)21(19,20)15-13(12(17)18)7-5-4-6-10(13)2/h8-10,15H,3-7H2,1-2H3,(H,17,18). The summed E-state index contributed by atoms with van der Waals surface area (Å²) < 4.78 is 28.9. The van der Waals surface area contributed by atoms with Crippen molar-refractivity contribution in [1.29, 1.82) is 0 Å². The Morgan fingerprint density at radius 2 is 2.29 bits per heavy atom. The maximum atomic E-state index is 12.4. The third kappa shape index (κ3) is 2.96. The quantitative estimate of drug-likeness (QED) is 0.850. The number of imidazole rings is 1. The van der Waals surface area contributed by atoms with E-state index in [0.29, 0.717) is 25.8 Å². The van der Waals surface area contributed by atoms with Gasteiger partial charge >= 0.3 is 5.97 Å². The van der Waals surface area contributed by atoms with Gasteiger partial charge in [0.25, 0.3) is 10.0 Å². The first kappa shape index (κ1) is 16.0. The second-order valence-electron chi connectivity index (χ2n) is 5.57. The lowest BCUT2D eigenvalue weighted by atomic mass is 9.74. The minimum atomic E-state index is -3.95. The number of nitrogens with zero attached hydrogens (tertiary/aromatic N) is 2. The zero-order valence-electron chi connectivity index (χ0n) is 12.2. The van der Waals surface area contributed by atoms with E-state index in [1.54, 1.807) is 11.5 Å². The molecule has 0 amide bonds. The average molecular weight is 315 g/mol. The molecule has 0 saturated heterocycles. The van der Waals surface area contributed by atoms with Gasteiger partial charge in [-0.2, -0.15) is 4.72 Å². The van der Waals surface area contributed by atoms with Crippen LogP contribution in [0, 0.1) is 5.92 Å². The van der Waals surface area contributed by atoms with Crippen LogP contribution >= 0.6 is 0 Å². The summed E-state index contributed by atoms with van der Waals surface area (Å²) in [5.41, 5.74) is -1.44. The van der Waals surface area contributed by atoms with Crippen molar-refractivity contribution < 1.29 is 18.3 Å². The van der Waals surface area contributed by atoms with Crippen molar-refractivity contribution >= 4 is 16.0 Å². The van der Waals surface area contributed by atoms with Gasteiger partial charge in [0.1, 0.15) is 5.54 Å². The summed E-state index contributed by atoms with van der Waals surface area (Å²) in [4.78, 5) is 15.6. The molecule has 0 aliphatic heterocycles. The molecule has 0 aromatic carbocycles. The minimum Gasteiger partial charge on any atom is -0.480 e. The molecule has 7 nitrogen and oxygen atoms in total. The zero-order valence-corrected chi connectivity index (χ0v) is 13.1. The molecular formula is C13H21N3O4S. The highest BCUT2D eigenvalue weighted by Crippen LogP contribution is 2.35. The highest BCUT2D eigenvalue weighted by atomic mass is 32.2. The predicted octanol–water partition coefficient (Wildman–Crippen LogP) is 1.21. The molecule has 1 fully saturated rings. The maximum absolute atomic E-state index is 12.4. The first-order chi connectivity index (χ1) is 9.82. The first-order valence-corrected chi connectivity index (χ1v) is 8.59. The van der Waals surface area contributed by atoms with Crippen LogP contribution in [0.3, 0.4) is 0 Å². The lowest BCUT2D eigenvalue weighted by molar-refractivity contribution is -0.147. The van der Waals surface area contributed by atoms with E-state index in [1.165, 1.54) is 12.5 Å². The van der Waals surface area contributed by atoms with E-state index in [1.807, 2.05) is 6.92 Å². The summed E-state index contributed by atoms with van der Waals surface area (Å²) in [6.07, 6.45) is 5.44. The summed E-state index contributed by atoms with van der Waals surface area (Å²) in [5.74, 6) is -1.38. The normalized spacial score (nSPS) is 26.7. The molecule has 118 valence electrons. The fourth-order valence-corrected chi connectivity index (χ4v) is 4.24. The van der Waals surface area contributed by atoms with Gasteiger partial charge in [-0.15, -0.1) is 0 Å². The molecule has 1 heterocycles. The van der Waals surface area contributed by atoms with Gasteiger partial charge in [0, 0.05) is 12.7 Å². The molecule has 2 atom stereocenters. The fourth-order valence-electron chi connectivity index (χ4n) is 2.80. The molecule has 2 unspecified atom stereocenters. The molecule has 21 heavy (non-hydrogen) atoms. The Bertz CT molecular complexity index is 625. The molecule has 1 aromatic heterocycles. The van der Waals surface area contributed by atoms with Crippen molar-refractivity contribution in [3.05, 3.63) is 12.5 Å². The number of nitrogens with one attached hydrogen (secondary N) is 1. The molecule has 2 N–H and O–H groups in total. The van der Waals surface area contributed by atoms with Crippen LogP contribution in [0.5, 0.6) is 0 Å². The van der Waals surface area contributed by atoms with Crippen LogP contribution in [0.25, 0.3) is 0 Å². The molecule has 2 rings (SSSR count). The molecule has 0 radical (unpaired) electrons. The number of rotatable bonds is 5. The summed E-state index contributed by atoms with van der Waals surface area (Å²) in [7, 11) is -3.95. The summed E-state index contributed by atoms with van der Waals surface area (Å²) in [6, 6.07) is 0. The van der Waals surface area contributed by atoms with Crippen LogP contribution in [0.1, 0.15) is 39.5 Å². The number of aryl methyl sites for hydroxylation is 1. The highest BCUT2D eigenvalue weighted by molar-refractivity contribution is 7.89. The maximum Gasteiger partial charge on any atom is 0.325 e. The lowest BCUT2D eigenvalue weighted by Gasteiger charge is -2.38. The van der Waals surface area contributed by atoms with E-state index in [0.717, 1.165) is 6.42 Å². The second-order valence-corrected chi connectivity index (χ2v) is 7.20. The van der Waals surface area contributed by atoms with Gasteiger partial charge in [0.05, 0.1) is 6.33 Å². The van der Waals surface area contributed by atoms with Crippen LogP contribution < -0.4 is 4.72 Å². The van der Waals surface area contributed by atoms with Crippen molar-refractivity contribution in [1.82, 2.24) is 14.3 Å². The second kappa shape index (κ2) is 5.76. The van der Waals surface area contributed by atoms with Gasteiger partial charge in [-0.25, -0.2) is 13.4 Å². The number of carboxylic acids is 1. The molecule has 1 aliphatic rings. The molecule has 1 saturated carbocycles. The van der Waals surface area contributed by atoms with Crippen LogP contribution in [0.4, 0.5) is 0 Å². The smallest absolute Gasteiger partial charge is 0.325 e. The van der Waals surface area contributed by atoms with Crippen molar-refractivity contribution in [2.45, 2.75) is 56.6 Å². The molecular weight excluding hydrogens is 294 g/mol. The molecule has 1 aliphatic carbocycles. The van der Waals surface area contributed by atoms with E-state index >= 15 is 0 Å². The van der Waals surface area contributed by atoms with Crippen LogP contribution in [-0.2, 0) is 21.4 Å². The van der Waals surface area contributed by atoms with E-state index in [4.69, 9.17) is 0 Å². The number of hydrogen-bond donors (Lipinski definition) is 2. The number of carbonyl (C=O) groups is 1. The summed E-state index contributed by atoms with van der Waals surface area (Å²) in [5, 5.41) is 9.43. The van der Waals surface area contributed by atoms with Crippen LogP contribution in [-0.4, -0.2) is 34.6 Å². The van der Waals surface area contributed by atoms with Gasteiger partial charge in [-0.1, -0.05) is 19.8 Å². The number of sulfonamides is 1. The van der Waals surface area contributed by atoms with E-state index in [2.05, 4.69) is 9.71 Å². The first-order valence-electron chi connectivity index (χ1n) is 7.11. The van der Waals surface area contributed by atoms with Crippen molar-refractivity contribution in [2.75, 3.05) is 0 Å². The Morgan fingerprint density at radius 1 is 1.57 bits per heavy atom. The minimum absolute atomic E-state index is 0.136. The highest BCUT2D eigenvalue weighted by Gasteiger charge is 2.48. The predicted molar refractivity (Wildman–Crippen MR) is 76.2 cm³/mol. The van der Waals surface area contributed by atoms with E-state index < -0.39 is 21.5 Å². The topological polar surface area (TPSA) is 101 Å². The Balaban J connectivity index is 2.33. The third-order valence-electron chi connectivity index (χ3n) is 4.25. The molecule has 0 bridgehead atoms. The van der Waals surface area contributed by atoms with Gasteiger partial charge in [-0.3, -0.25) is 4.79 Å². The van der Waals surface area contributed by atoms with E-state index in [9.17, 15) is 18.3 Å². The Kier molecular flexibility index (Phi) is 4.38. The summed E-state index contributed by atoms with van der Waals surface area (Å²) in [6.45, 7) is 4.25. The Labute approximate surface area is 124 Å². The molecule has 1 aromatic rings. The largest absolute Gasteiger partial charge is 0.480 e. The van der Waals surface area contributed by atoms with Crippen LogP contribution in [0.15, 0.2) is 17.6 Å². The van der Waals surface area contributed by atoms with Gasteiger partial charge in [-0.05, 0) is 25.7 Å². The number of hydrogen-bond acceptors (Lipinski definition) is 4. The SMILES string of the molecule is CCn1cnc(S(=O)(=O)NC2(C(=O)O)CCCCC2C)c1.